The molecule has 28 heavy (non-hydrogen) atoms. The Morgan fingerprint density at radius 2 is 1.93 bits per heavy atom. The lowest BCUT2D eigenvalue weighted by Gasteiger charge is -2.06. The van der Waals surface area contributed by atoms with Gasteiger partial charge in [-0.1, -0.05) is 30.3 Å². The molecule has 1 aromatic carbocycles. The van der Waals surface area contributed by atoms with Gasteiger partial charge in [-0.25, -0.2) is 14.8 Å². The molecule has 0 bridgehead atoms. The van der Waals surface area contributed by atoms with Crippen molar-refractivity contribution >= 4 is 28.6 Å². The Morgan fingerprint density at radius 1 is 1.07 bits per heavy atom. The lowest BCUT2D eigenvalue weighted by Crippen LogP contribution is -2.18. The molecular weight excluding hydrogens is 354 g/mol. The molecule has 6 heteroatoms. The molecule has 0 aliphatic heterocycles. The summed E-state index contributed by atoms with van der Waals surface area (Å²) in [5.74, 6) is -0.527. The van der Waals surface area contributed by atoms with Crippen molar-refractivity contribution in [3.8, 4) is 0 Å². The average molecular weight is 371 g/mol. The van der Waals surface area contributed by atoms with Crippen LogP contribution in [-0.4, -0.2) is 20.3 Å². The van der Waals surface area contributed by atoms with Crippen LogP contribution in [0.4, 0.5) is 0 Å². The van der Waals surface area contributed by atoms with Crippen molar-refractivity contribution in [1.29, 1.82) is 0 Å². The standard InChI is InChI=1S/C22H17N3O3/c1-15-5-4-8-20-24-18(13-21(26)25(15)20)14-28-22(27)12-11-17-10-9-16-6-2-3-7-19(16)23-17/h2-13H,14H2,1H3/b12-11+. The third kappa shape index (κ3) is 3.66. The van der Waals surface area contributed by atoms with Gasteiger partial charge < -0.3 is 4.74 Å². The van der Waals surface area contributed by atoms with Gasteiger partial charge in [-0.3, -0.25) is 9.20 Å². The van der Waals surface area contributed by atoms with E-state index in [1.807, 2.05) is 55.5 Å². The summed E-state index contributed by atoms with van der Waals surface area (Å²) in [4.78, 5) is 33.1. The van der Waals surface area contributed by atoms with Crippen molar-refractivity contribution in [1.82, 2.24) is 14.4 Å². The van der Waals surface area contributed by atoms with Gasteiger partial charge in [-0.15, -0.1) is 0 Å². The maximum atomic E-state index is 12.2. The summed E-state index contributed by atoms with van der Waals surface area (Å²) in [6.07, 6.45) is 2.91. The average Bonchev–Trinajstić information content (AvgIpc) is 2.70. The molecule has 0 fully saturated rings. The predicted octanol–water partition coefficient (Wildman–Crippen LogP) is 3.31. The fraction of sp³-hybridized carbons (Fsp3) is 0.0909. The van der Waals surface area contributed by atoms with E-state index in [0.29, 0.717) is 17.0 Å². The molecule has 0 aliphatic carbocycles. The van der Waals surface area contributed by atoms with Crippen molar-refractivity contribution in [3.63, 3.8) is 0 Å². The van der Waals surface area contributed by atoms with Gasteiger partial charge >= 0.3 is 5.97 Å². The smallest absolute Gasteiger partial charge is 0.331 e. The highest BCUT2D eigenvalue weighted by Crippen LogP contribution is 2.12. The number of ether oxygens (including phenoxy) is 1. The number of pyridine rings is 2. The molecule has 4 aromatic rings. The third-order valence-corrected chi connectivity index (χ3v) is 4.31. The van der Waals surface area contributed by atoms with Crippen molar-refractivity contribution in [2.45, 2.75) is 13.5 Å². The molecule has 4 rings (SSSR count). The van der Waals surface area contributed by atoms with Gasteiger partial charge in [0.1, 0.15) is 12.3 Å². The number of benzene rings is 1. The van der Waals surface area contributed by atoms with E-state index in [4.69, 9.17) is 4.74 Å². The Morgan fingerprint density at radius 3 is 2.82 bits per heavy atom. The molecule has 0 spiro atoms. The highest BCUT2D eigenvalue weighted by atomic mass is 16.5. The number of aryl methyl sites for hydroxylation is 1. The van der Waals surface area contributed by atoms with E-state index in [1.54, 1.807) is 12.1 Å². The summed E-state index contributed by atoms with van der Waals surface area (Å²) >= 11 is 0. The topological polar surface area (TPSA) is 73.6 Å². The van der Waals surface area contributed by atoms with Crippen LogP contribution in [0.2, 0.25) is 0 Å². The van der Waals surface area contributed by atoms with Crippen LogP contribution >= 0.6 is 0 Å². The predicted molar refractivity (Wildman–Crippen MR) is 107 cm³/mol. The Balaban J connectivity index is 1.46. The fourth-order valence-corrected chi connectivity index (χ4v) is 2.96. The van der Waals surface area contributed by atoms with E-state index in [1.165, 1.54) is 16.5 Å². The lowest BCUT2D eigenvalue weighted by molar-refractivity contribution is -0.139. The van der Waals surface area contributed by atoms with Crippen LogP contribution in [0.3, 0.4) is 0 Å². The van der Waals surface area contributed by atoms with Crippen LogP contribution in [-0.2, 0) is 16.1 Å². The first-order valence-corrected chi connectivity index (χ1v) is 8.79. The molecule has 0 saturated heterocycles. The molecule has 0 radical (unpaired) electrons. The number of nitrogens with zero attached hydrogens (tertiary/aromatic N) is 3. The van der Waals surface area contributed by atoms with Gasteiger partial charge in [-0.05, 0) is 37.3 Å². The van der Waals surface area contributed by atoms with Crippen LogP contribution in [0, 0.1) is 6.92 Å². The van der Waals surface area contributed by atoms with Crippen molar-refractivity contribution in [3.05, 3.63) is 94.2 Å². The van der Waals surface area contributed by atoms with Gasteiger partial charge in [0.2, 0.25) is 0 Å². The SMILES string of the molecule is Cc1cccc2nc(COC(=O)/C=C/c3ccc4ccccc4n3)cc(=O)n12. The zero-order valence-electron chi connectivity index (χ0n) is 15.2. The molecule has 0 aliphatic rings. The van der Waals surface area contributed by atoms with Gasteiger partial charge in [0.15, 0.2) is 0 Å². The van der Waals surface area contributed by atoms with E-state index < -0.39 is 5.97 Å². The number of hydrogen-bond acceptors (Lipinski definition) is 5. The second-order valence-corrected chi connectivity index (χ2v) is 6.32. The zero-order chi connectivity index (χ0) is 19.5. The van der Waals surface area contributed by atoms with Gasteiger partial charge in [0, 0.05) is 23.2 Å². The first-order valence-electron chi connectivity index (χ1n) is 8.79. The highest BCUT2D eigenvalue weighted by molar-refractivity contribution is 5.87. The Bertz CT molecular complexity index is 1270. The lowest BCUT2D eigenvalue weighted by atomic mass is 10.2. The number of carbonyl (C=O) groups excluding carboxylic acids is 1. The summed E-state index contributed by atoms with van der Waals surface area (Å²) in [7, 11) is 0. The molecule has 0 unspecified atom stereocenters. The Labute approximate surface area is 160 Å². The molecule has 3 heterocycles. The van der Waals surface area contributed by atoms with Crippen molar-refractivity contribution in [2.24, 2.45) is 0 Å². The molecule has 3 aromatic heterocycles. The van der Waals surface area contributed by atoms with E-state index in [-0.39, 0.29) is 12.2 Å². The van der Waals surface area contributed by atoms with Crippen LogP contribution in [0.1, 0.15) is 17.1 Å². The minimum Gasteiger partial charge on any atom is -0.456 e. The van der Waals surface area contributed by atoms with Crippen LogP contribution in [0.25, 0.3) is 22.6 Å². The molecule has 6 nitrogen and oxygen atoms in total. The molecular formula is C22H17N3O3. The number of hydrogen-bond donors (Lipinski definition) is 0. The maximum absolute atomic E-state index is 12.2. The summed E-state index contributed by atoms with van der Waals surface area (Å²) in [5.41, 5.74) is 3.03. The summed E-state index contributed by atoms with van der Waals surface area (Å²) in [6, 6.07) is 18.3. The van der Waals surface area contributed by atoms with Gasteiger partial charge in [-0.2, -0.15) is 0 Å². The molecule has 0 saturated carbocycles. The first-order chi connectivity index (χ1) is 13.6. The van der Waals surface area contributed by atoms with E-state index in [2.05, 4.69) is 9.97 Å². The van der Waals surface area contributed by atoms with Gasteiger partial charge in [0.25, 0.3) is 5.56 Å². The summed E-state index contributed by atoms with van der Waals surface area (Å²) in [5, 5.41) is 1.03. The number of para-hydroxylation sites is 1. The largest absolute Gasteiger partial charge is 0.456 e. The van der Waals surface area contributed by atoms with Gasteiger partial charge in [0.05, 0.1) is 16.9 Å². The van der Waals surface area contributed by atoms with Crippen LogP contribution in [0.5, 0.6) is 0 Å². The minimum atomic E-state index is -0.527. The Hall–Kier alpha value is -3.80. The van der Waals surface area contributed by atoms with E-state index in [9.17, 15) is 9.59 Å². The number of rotatable bonds is 4. The normalized spacial score (nSPS) is 11.3. The van der Waals surface area contributed by atoms with Crippen LogP contribution < -0.4 is 5.56 Å². The van der Waals surface area contributed by atoms with Crippen molar-refractivity contribution in [2.75, 3.05) is 0 Å². The molecule has 138 valence electrons. The van der Waals surface area contributed by atoms with Crippen molar-refractivity contribution < 1.29 is 9.53 Å². The number of aromatic nitrogens is 3. The second-order valence-electron chi connectivity index (χ2n) is 6.32. The number of carbonyl (C=O) groups is 1. The van der Waals surface area contributed by atoms with E-state index in [0.717, 1.165) is 16.6 Å². The first kappa shape index (κ1) is 17.6. The molecule has 0 amide bonds. The highest BCUT2D eigenvalue weighted by Gasteiger charge is 2.06. The molecule has 0 N–H and O–H groups in total. The quantitative estimate of drug-likeness (QED) is 0.406. The second kappa shape index (κ2) is 7.44. The molecule has 0 atom stereocenters. The summed E-state index contributed by atoms with van der Waals surface area (Å²) in [6.45, 7) is 1.76. The van der Waals surface area contributed by atoms with Crippen LogP contribution in [0.15, 0.2) is 71.5 Å². The minimum absolute atomic E-state index is 0.0754. The third-order valence-electron chi connectivity index (χ3n) is 4.31. The number of fused-ring (bicyclic) bond motifs is 2. The fourth-order valence-electron chi connectivity index (χ4n) is 2.96. The monoisotopic (exact) mass is 371 g/mol. The summed E-state index contributed by atoms with van der Waals surface area (Å²) < 4.78 is 6.72. The number of esters is 1. The van der Waals surface area contributed by atoms with E-state index >= 15 is 0 Å². The zero-order valence-corrected chi connectivity index (χ0v) is 15.2. The maximum Gasteiger partial charge on any atom is 0.331 e. The Kier molecular flexibility index (Phi) is 4.68.